The highest BCUT2D eigenvalue weighted by Crippen LogP contribution is 2.29. The summed E-state index contributed by atoms with van der Waals surface area (Å²) in [6.45, 7) is 2.17. The molecular weight excluding hydrogens is 302 g/mol. The van der Waals surface area contributed by atoms with E-state index in [1.807, 2.05) is 0 Å². The Morgan fingerprint density at radius 1 is 1.30 bits per heavy atom. The molecular formula is C12H16ClN3O3S. The average Bonchev–Trinajstić information content (AvgIpc) is 2.36. The van der Waals surface area contributed by atoms with Crippen LogP contribution in [0.15, 0.2) is 17.0 Å². The molecule has 0 spiro atoms. The molecule has 0 radical (unpaired) electrons. The quantitative estimate of drug-likeness (QED) is 0.814. The van der Waals surface area contributed by atoms with Gasteiger partial charge in [-0.3, -0.25) is 4.79 Å². The lowest BCUT2D eigenvalue weighted by Crippen LogP contribution is -2.50. The summed E-state index contributed by atoms with van der Waals surface area (Å²) < 4.78 is 26.2. The van der Waals surface area contributed by atoms with Crippen LogP contribution in [-0.4, -0.2) is 50.2 Å². The molecule has 2 N–H and O–H groups in total. The number of piperazine rings is 1. The van der Waals surface area contributed by atoms with Crippen LogP contribution in [0.3, 0.4) is 0 Å². The largest absolute Gasteiger partial charge is 0.398 e. The van der Waals surface area contributed by atoms with Crippen molar-refractivity contribution in [1.82, 2.24) is 9.21 Å². The van der Waals surface area contributed by atoms with Crippen molar-refractivity contribution in [2.75, 3.05) is 32.4 Å². The van der Waals surface area contributed by atoms with Crippen molar-refractivity contribution in [1.29, 1.82) is 0 Å². The summed E-state index contributed by atoms with van der Waals surface area (Å²) in [6.07, 6.45) is 0. The molecule has 0 aromatic heterocycles. The van der Waals surface area contributed by atoms with Crippen molar-refractivity contribution < 1.29 is 13.2 Å². The molecule has 1 aliphatic rings. The minimum absolute atomic E-state index is 0.0559. The zero-order valence-electron chi connectivity index (χ0n) is 11.3. The Balaban J connectivity index is 2.41. The van der Waals surface area contributed by atoms with Gasteiger partial charge in [0.05, 0.1) is 11.6 Å². The topological polar surface area (TPSA) is 83.7 Å². The zero-order chi connectivity index (χ0) is 15.1. The standard InChI is InChI=1S/C12H16ClN3O3S/c1-8-5-9(13)11(6-10(8)14)20(18,19)16-4-3-15(2)12(17)7-16/h5-6H,3-4,7,14H2,1-2H3. The summed E-state index contributed by atoms with van der Waals surface area (Å²) in [6, 6.07) is 2.86. The Hall–Kier alpha value is -1.31. The van der Waals surface area contributed by atoms with Crippen molar-refractivity contribution in [2.45, 2.75) is 11.8 Å². The minimum atomic E-state index is -3.81. The number of amides is 1. The average molecular weight is 318 g/mol. The molecule has 0 atom stereocenters. The van der Waals surface area contributed by atoms with Gasteiger partial charge in [-0.15, -0.1) is 0 Å². The van der Waals surface area contributed by atoms with Gasteiger partial charge >= 0.3 is 0 Å². The Labute approximate surface area is 123 Å². The van der Waals surface area contributed by atoms with Crippen molar-refractivity contribution in [2.24, 2.45) is 0 Å². The maximum Gasteiger partial charge on any atom is 0.245 e. The predicted octanol–water partition coefficient (Wildman–Crippen LogP) is 0.693. The monoisotopic (exact) mass is 317 g/mol. The highest BCUT2D eigenvalue weighted by Gasteiger charge is 2.33. The number of carbonyl (C=O) groups is 1. The third-order valence-corrected chi connectivity index (χ3v) is 5.67. The first-order valence-corrected chi connectivity index (χ1v) is 7.85. The zero-order valence-corrected chi connectivity index (χ0v) is 12.8. The van der Waals surface area contributed by atoms with Gasteiger partial charge in [-0.2, -0.15) is 4.31 Å². The van der Waals surface area contributed by atoms with Crippen LogP contribution in [0, 0.1) is 6.92 Å². The fraction of sp³-hybridized carbons (Fsp3) is 0.417. The molecule has 2 rings (SSSR count). The Morgan fingerprint density at radius 3 is 2.55 bits per heavy atom. The van der Waals surface area contributed by atoms with E-state index in [1.165, 1.54) is 17.0 Å². The van der Waals surface area contributed by atoms with E-state index in [1.54, 1.807) is 14.0 Å². The molecule has 1 heterocycles. The summed E-state index contributed by atoms with van der Waals surface area (Å²) in [4.78, 5) is 13.1. The van der Waals surface area contributed by atoms with Crippen LogP contribution in [-0.2, 0) is 14.8 Å². The Morgan fingerprint density at radius 2 is 1.95 bits per heavy atom. The number of nitrogens with two attached hydrogens (primary N) is 1. The number of rotatable bonds is 2. The third kappa shape index (κ3) is 2.61. The first-order chi connectivity index (χ1) is 9.23. The second-order valence-electron chi connectivity index (χ2n) is 4.79. The van der Waals surface area contributed by atoms with E-state index in [-0.39, 0.29) is 28.9 Å². The summed E-state index contributed by atoms with van der Waals surface area (Å²) in [5.74, 6) is -0.240. The maximum absolute atomic E-state index is 12.5. The number of nitrogen functional groups attached to an aromatic ring is 1. The van der Waals surface area contributed by atoms with Gasteiger partial charge in [0.1, 0.15) is 4.90 Å². The molecule has 8 heteroatoms. The van der Waals surface area contributed by atoms with Crippen LogP contribution >= 0.6 is 11.6 Å². The highest BCUT2D eigenvalue weighted by atomic mass is 35.5. The van der Waals surface area contributed by atoms with E-state index in [4.69, 9.17) is 17.3 Å². The summed E-state index contributed by atoms with van der Waals surface area (Å²) in [5.41, 5.74) is 6.81. The molecule has 0 bridgehead atoms. The van der Waals surface area contributed by atoms with Crippen LogP contribution < -0.4 is 5.73 Å². The van der Waals surface area contributed by atoms with E-state index in [0.29, 0.717) is 17.8 Å². The number of carbonyl (C=O) groups excluding carboxylic acids is 1. The molecule has 0 aliphatic carbocycles. The second kappa shape index (κ2) is 5.23. The number of nitrogens with zero attached hydrogens (tertiary/aromatic N) is 2. The second-order valence-corrected chi connectivity index (χ2v) is 7.11. The number of aryl methyl sites for hydroxylation is 1. The maximum atomic E-state index is 12.5. The van der Waals surface area contributed by atoms with Gasteiger partial charge in [0.2, 0.25) is 15.9 Å². The molecule has 1 aromatic carbocycles. The number of anilines is 1. The molecule has 110 valence electrons. The Kier molecular flexibility index (Phi) is 3.95. The van der Waals surface area contributed by atoms with Crippen molar-refractivity contribution in [3.63, 3.8) is 0 Å². The molecule has 20 heavy (non-hydrogen) atoms. The van der Waals surface area contributed by atoms with E-state index >= 15 is 0 Å². The summed E-state index contributed by atoms with van der Waals surface area (Å²) in [7, 11) is -2.17. The van der Waals surface area contributed by atoms with Crippen molar-refractivity contribution in [3.8, 4) is 0 Å². The predicted molar refractivity (Wildman–Crippen MR) is 77.0 cm³/mol. The fourth-order valence-corrected chi connectivity index (χ4v) is 3.92. The van der Waals surface area contributed by atoms with Crippen LogP contribution in [0.4, 0.5) is 5.69 Å². The van der Waals surface area contributed by atoms with Gasteiger partial charge in [-0.25, -0.2) is 8.42 Å². The first-order valence-electron chi connectivity index (χ1n) is 6.03. The van der Waals surface area contributed by atoms with Gasteiger partial charge in [-0.1, -0.05) is 11.6 Å². The molecule has 1 amide bonds. The Bertz CT molecular complexity index is 660. The molecule has 1 aromatic rings. The van der Waals surface area contributed by atoms with E-state index in [0.717, 1.165) is 4.31 Å². The third-order valence-electron chi connectivity index (χ3n) is 3.36. The van der Waals surface area contributed by atoms with Crippen LogP contribution in [0.1, 0.15) is 5.56 Å². The summed E-state index contributed by atoms with van der Waals surface area (Å²) >= 11 is 6.01. The van der Waals surface area contributed by atoms with Crippen LogP contribution in [0.5, 0.6) is 0 Å². The van der Waals surface area contributed by atoms with Crippen molar-refractivity contribution in [3.05, 3.63) is 22.7 Å². The lowest BCUT2D eigenvalue weighted by molar-refractivity contribution is -0.132. The number of hydrogen-bond acceptors (Lipinski definition) is 4. The normalized spacial score (nSPS) is 17.6. The lowest BCUT2D eigenvalue weighted by atomic mass is 10.2. The molecule has 0 saturated carbocycles. The molecule has 1 saturated heterocycles. The van der Waals surface area contributed by atoms with Crippen molar-refractivity contribution >= 4 is 33.2 Å². The number of halogens is 1. The van der Waals surface area contributed by atoms with E-state index in [9.17, 15) is 13.2 Å². The number of hydrogen-bond donors (Lipinski definition) is 1. The fourth-order valence-electron chi connectivity index (χ4n) is 1.95. The van der Waals surface area contributed by atoms with E-state index in [2.05, 4.69) is 0 Å². The molecule has 0 unspecified atom stereocenters. The van der Waals surface area contributed by atoms with Crippen LogP contribution in [0.25, 0.3) is 0 Å². The molecule has 1 fully saturated rings. The van der Waals surface area contributed by atoms with Crippen LogP contribution in [0.2, 0.25) is 5.02 Å². The number of likely N-dealkylation sites (N-methyl/N-ethyl adjacent to an activating group) is 1. The first kappa shape index (κ1) is 15.1. The smallest absolute Gasteiger partial charge is 0.245 e. The van der Waals surface area contributed by atoms with Gasteiger partial charge < -0.3 is 10.6 Å². The minimum Gasteiger partial charge on any atom is -0.398 e. The van der Waals surface area contributed by atoms with E-state index < -0.39 is 10.0 Å². The molecule has 6 nitrogen and oxygen atoms in total. The van der Waals surface area contributed by atoms with Gasteiger partial charge in [0.15, 0.2) is 0 Å². The SMILES string of the molecule is Cc1cc(Cl)c(S(=O)(=O)N2CCN(C)C(=O)C2)cc1N. The molecule has 1 aliphatic heterocycles. The number of sulfonamides is 1. The number of benzene rings is 1. The van der Waals surface area contributed by atoms with Gasteiger partial charge in [0, 0.05) is 25.8 Å². The van der Waals surface area contributed by atoms with Gasteiger partial charge in [-0.05, 0) is 24.6 Å². The highest BCUT2D eigenvalue weighted by molar-refractivity contribution is 7.89. The lowest BCUT2D eigenvalue weighted by Gasteiger charge is -2.31. The van der Waals surface area contributed by atoms with Gasteiger partial charge in [0.25, 0.3) is 0 Å². The summed E-state index contributed by atoms with van der Waals surface area (Å²) in [5, 5.41) is 0.114.